The van der Waals surface area contributed by atoms with Crippen LogP contribution in [0.5, 0.6) is 0 Å². The normalized spacial score (nSPS) is 11.2. The predicted octanol–water partition coefficient (Wildman–Crippen LogP) is 5.77. The number of aryl methyl sites for hydroxylation is 1. The smallest absolute Gasteiger partial charge is 0.110 e. The number of hydrogen-bond acceptors (Lipinski definition) is 2. The second kappa shape index (κ2) is 5.84. The average Bonchev–Trinajstić information content (AvgIpc) is 3.08. The Balaban J connectivity index is 1.84. The van der Waals surface area contributed by atoms with Crippen LogP contribution in [0.4, 0.5) is 0 Å². The third kappa shape index (κ3) is 2.78. The first kappa shape index (κ1) is 14.5. The van der Waals surface area contributed by atoms with Crippen molar-refractivity contribution in [2.45, 2.75) is 13.5 Å². The second-order valence-corrected chi connectivity index (χ2v) is 7.26. The lowest BCUT2D eigenvalue weighted by molar-refractivity contribution is 0.715. The number of halogens is 1. The van der Waals surface area contributed by atoms with E-state index in [0.29, 0.717) is 0 Å². The Morgan fingerprint density at radius 2 is 1.78 bits per heavy atom. The van der Waals surface area contributed by atoms with E-state index >= 15 is 0 Å². The van der Waals surface area contributed by atoms with E-state index < -0.39 is 0 Å². The topological polar surface area (TPSA) is 17.8 Å². The summed E-state index contributed by atoms with van der Waals surface area (Å²) in [7, 11) is 0. The van der Waals surface area contributed by atoms with E-state index in [1.54, 1.807) is 11.3 Å². The van der Waals surface area contributed by atoms with Gasteiger partial charge in [0, 0.05) is 15.5 Å². The van der Waals surface area contributed by atoms with Gasteiger partial charge in [-0.2, -0.15) is 5.10 Å². The highest BCUT2D eigenvalue weighted by Crippen LogP contribution is 2.35. The number of rotatable bonds is 3. The Kier molecular flexibility index (Phi) is 3.68. The van der Waals surface area contributed by atoms with Gasteiger partial charge in [0.15, 0.2) is 0 Å². The van der Waals surface area contributed by atoms with Gasteiger partial charge in [0.05, 0.1) is 16.8 Å². The van der Waals surface area contributed by atoms with Gasteiger partial charge in [-0.25, -0.2) is 0 Å². The van der Waals surface area contributed by atoms with Crippen molar-refractivity contribution in [1.82, 2.24) is 9.78 Å². The molecule has 4 rings (SSSR count). The quantitative estimate of drug-likeness (QED) is 0.463. The number of hydrogen-bond donors (Lipinski definition) is 0. The minimum atomic E-state index is 0.746. The molecule has 0 bridgehead atoms. The molecule has 4 aromatic rings. The van der Waals surface area contributed by atoms with Gasteiger partial charge in [-0.1, -0.05) is 54.1 Å². The highest BCUT2D eigenvalue weighted by atomic mass is 35.5. The summed E-state index contributed by atoms with van der Waals surface area (Å²) in [5.74, 6) is 0. The summed E-state index contributed by atoms with van der Waals surface area (Å²) in [6.45, 7) is 2.92. The standard InChI is InChI=1S/C19H15ClN2S/c1-13-11-17-19(23-13)18(15-7-9-16(20)10-8-15)21-22(17)12-14-5-3-2-4-6-14/h2-11H,12H2,1H3. The Labute approximate surface area is 144 Å². The lowest BCUT2D eigenvalue weighted by Gasteiger charge is -2.03. The summed E-state index contributed by atoms with van der Waals surface area (Å²) in [4.78, 5) is 1.30. The summed E-state index contributed by atoms with van der Waals surface area (Å²) < 4.78 is 3.33. The maximum Gasteiger partial charge on any atom is 0.110 e. The van der Waals surface area contributed by atoms with Crippen LogP contribution in [0.15, 0.2) is 60.7 Å². The number of aromatic nitrogens is 2. The molecule has 2 heterocycles. The van der Waals surface area contributed by atoms with Crippen molar-refractivity contribution >= 4 is 33.2 Å². The van der Waals surface area contributed by atoms with Gasteiger partial charge in [-0.3, -0.25) is 4.68 Å². The fourth-order valence-electron chi connectivity index (χ4n) is 2.76. The molecule has 0 unspecified atom stereocenters. The summed E-state index contributed by atoms with van der Waals surface area (Å²) in [5.41, 5.74) is 4.59. The van der Waals surface area contributed by atoms with Crippen LogP contribution in [0, 0.1) is 6.92 Å². The number of fused-ring (bicyclic) bond motifs is 1. The maximum atomic E-state index is 6.01. The molecule has 0 aliphatic heterocycles. The highest BCUT2D eigenvalue weighted by Gasteiger charge is 2.15. The van der Waals surface area contributed by atoms with Crippen LogP contribution in [-0.4, -0.2) is 9.78 Å². The molecule has 0 aliphatic carbocycles. The monoisotopic (exact) mass is 338 g/mol. The summed E-state index contributed by atoms with van der Waals surface area (Å²) >= 11 is 7.80. The van der Waals surface area contributed by atoms with Gasteiger partial charge in [0.25, 0.3) is 0 Å². The van der Waals surface area contributed by atoms with Crippen LogP contribution >= 0.6 is 22.9 Å². The van der Waals surface area contributed by atoms with Crippen molar-refractivity contribution in [1.29, 1.82) is 0 Å². The van der Waals surface area contributed by atoms with Gasteiger partial charge in [0.2, 0.25) is 0 Å². The van der Waals surface area contributed by atoms with Crippen molar-refractivity contribution in [2.24, 2.45) is 0 Å². The molecule has 0 saturated carbocycles. The first-order valence-corrected chi connectivity index (χ1v) is 8.67. The van der Waals surface area contributed by atoms with Gasteiger partial charge in [0.1, 0.15) is 5.69 Å². The van der Waals surface area contributed by atoms with Crippen LogP contribution in [0.2, 0.25) is 5.02 Å². The molecular weight excluding hydrogens is 324 g/mol. The van der Waals surface area contributed by atoms with Crippen LogP contribution in [0.3, 0.4) is 0 Å². The zero-order valence-electron chi connectivity index (χ0n) is 12.7. The van der Waals surface area contributed by atoms with E-state index in [1.165, 1.54) is 20.7 Å². The van der Waals surface area contributed by atoms with E-state index in [4.69, 9.17) is 16.7 Å². The summed E-state index contributed by atoms with van der Waals surface area (Å²) in [6, 6.07) is 20.6. The molecule has 0 N–H and O–H groups in total. The molecule has 114 valence electrons. The molecule has 23 heavy (non-hydrogen) atoms. The van der Waals surface area contributed by atoms with Gasteiger partial charge < -0.3 is 0 Å². The zero-order chi connectivity index (χ0) is 15.8. The SMILES string of the molecule is Cc1cc2c(s1)c(-c1ccc(Cl)cc1)nn2Cc1ccccc1. The fraction of sp³-hybridized carbons (Fsp3) is 0.105. The molecule has 0 saturated heterocycles. The average molecular weight is 339 g/mol. The van der Waals surface area contributed by atoms with Gasteiger partial charge in [-0.05, 0) is 30.7 Å². The summed E-state index contributed by atoms with van der Waals surface area (Å²) in [5, 5.41) is 5.62. The Morgan fingerprint density at radius 1 is 1.04 bits per heavy atom. The molecule has 0 atom stereocenters. The van der Waals surface area contributed by atoms with Crippen molar-refractivity contribution in [3.63, 3.8) is 0 Å². The van der Waals surface area contributed by atoms with Gasteiger partial charge >= 0.3 is 0 Å². The first-order chi connectivity index (χ1) is 11.2. The first-order valence-electron chi connectivity index (χ1n) is 7.47. The third-order valence-corrected chi connectivity index (χ3v) is 5.14. The van der Waals surface area contributed by atoms with Gasteiger partial charge in [-0.15, -0.1) is 11.3 Å². The lowest BCUT2D eigenvalue weighted by atomic mass is 10.1. The largest absolute Gasteiger partial charge is 0.259 e. The van der Waals surface area contributed by atoms with Crippen LogP contribution < -0.4 is 0 Å². The predicted molar refractivity (Wildman–Crippen MR) is 98.3 cm³/mol. The number of benzene rings is 2. The van der Waals surface area contributed by atoms with E-state index in [2.05, 4.69) is 41.9 Å². The van der Waals surface area contributed by atoms with E-state index in [9.17, 15) is 0 Å². The van der Waals surface area contributed by atoms with E-state index in [1.807, 2.05) is 30.3 Å². The lowest BCUT2D eigenvalue weighted by Crippen LogP contribution is -2.01. The zero-order valence-corrected chi connectivity index (χ0v) is 14.2. The molecule has 0 amide bonds. The molecule has 4 heteroatoms. The third-order valence-electron chi connectivity index (χ3n) is 3.84. The van der Waals surface area contributed by atoms with Crippen LogP contribution in [-0.2, 0) is 6.54 Å². The molecule has 0 aliphatic rings. The molecule has 0 radical (unpaired) electrons. The Morgan fingerprint density at radius 3 is 2.52 bits per heavy atom. The van der Waals surface area contributed by atoms with Crippen molar-refractivity contribution in [3.05, 3.63) is 76.1 Å². The second-order valence-electron chi connectivity index (χ2n) is 5.57. The van der Waals surface area contributed by atoms with Crippen LogP contribution in [0.25, 0.3) is 21.5 Å². The van der Waals surface area contributed by atoms with E-state index in [0.717, 1.165) is 22.8 Å². The Hall–Kier alpha value is -2.10. The minimum absolute atomic E-state index is 0.746. The fourth-order valence-corrected chi connectivity index (χ4v) is 3.90. The Bertz CT molecular complexity index is 952. The molecule has 0 spiro atoms. The summed E-state index contributed by atoms with van der Waals surface area (Å²) in [6.07, 6.45) is 0. The van der Waals surface area contributed by atoms with Crippen molar-refractivity contribution < 1.29 is 0 Å². The molecule has 0 fully saturated rings. The number of thiophene rings is 1. The van der Waals surface area contributed by atoms with Crippen LogP contribution in [0.1, 0.15) is 10.4 Å². The van der Waals surface area contributed by atoms with Crippen molar-refractivity contribution in [2.75, 3.05) is 0 Å². The maximum absolute atomic E-state index is 6.01. The number of nitrogens with zero attached hydrogens (tertiary/aromatic N) is 2. The minimum Gasteiger partial charge on any atom is -0.259 e. The molecule has 2 aromatic carbocycles. The molecular formula is C19H15ClN2S. The van der Waals surface area contributed by atoms with Crippen molar-refractivity contribution in [3.8, 4) is 11.3 Å². The highest BCUT2D eigenvalue weighted by molar-refractivity contribution is 7.19. The van der Waals surface area contributed by atoms with E-state index in [-0.39, 0.29) is 0 Å². The molecule has 2 aromatic heterocycles. The molecule has 2 nitrogen and oxygen atoms in total.